The summed E-state index contributed by atoms with van der Waals surface area (Å²) >= 11 is 0. The summed E-state index contributed by atoms with van der Waals surface area (Å²) in [5, 5.41) is 0. The van der Waals surface area contributed by atoms with Gasteiger partial charge in [0.1, 0.15) is 0 Å². The lowest BCUT2D eigenvalue weighted by molar-refractivity contribution is -0.216. The molecule has 0 amide bonds. The van der Waals surface area contributed by atoms with Crippen molar-refractivity contribution in [2.45, 2.75) is 38.4 Å². The van der Waals surface area contributed by atoms with Crippen LogP contribution in [0, 0.1) is 17.3 Å². The van der Waals surface area contributed by atoms with E-state index in [0.29, 0.717) is 11.7 Å². The number of allylic oxidation sites excluding steroid dienone is 2. The van der Waals surface area contributed by atoms with Crippen molar-refractivity contribution in [2.24, 2.45) is 17.3 Å². The fourth-order valence-electron chi connectivity index (χ4n) is 4.58. The summed E-state index contributed by atoms with van der Waals surface area (Å²) in [6.07, 6.45) is 6.04. The van der Waals surface area contributed by atoms with Crippen molar-refractivity contribution in [2.75, 3.05) is 13.2 Å². The summed E-state index contributed by atoms with van der Waals surface area (Å²) in [5.74, 6) is 0.684. The highest BCUT2D eigenvalue weighted by Gasteiger charge is 2.62. The highest BCUT2D eigenvalue weighted by molar-refractivity contribution is 5.96. The molecule has 17 heavy (non-hydrogen) atoms. The molecule has 1 saturated heterocycles. The fraction of sp³-hybridized carbons (Fsp3) is 0.786. The largest absolute Gasteiger partial charge is 0.347 e. The molecular formula is C14H18O3. The van der Waals surface area contributed by atoms with Crippen molar-refractivity contribution in [3.8, 4) is 0 Å². The molecule has 4 rings (SSSR count). The van der Waals surface area contributed by atoms with Crippen LogP contribution in [-0.4, -0.2) is 24.8 Å². The van der Waals surface area contributed by atoms with E-state index in [0.717, 1.165) is 38.9 Å². The zero-order chi connectivity index (χ0) is 11.7. The molecule has 2 saturated carbocycles. The number of fused-ring (bicyclic) bond motifs is 2. The molecule has 0 aromatic heterocycles. The van der Waals surface area contributed by atoms with Crippen LogP contribution in [0.1, 0.15) is 32.6 Å². The van der Waals surface area contributed by atoms with Gasteiger partial charge in [-0.05, 0) is 25.3 Å². The van der Waals surface area contributed by atoms with Gasteiger partial charge >= 0.3 is 0 Å². The van der Waals surface area contributed by atoms with Gasteiger partial charge in [-0.15, -0.1) is 0 Å². The van der Waals surface area contributed by atoms with Crippen molar-refractivity contribution < 1.29 is 14.3 Å². The monoisotopic (exact) mass is 234 g/mol. The maximum absolute atomic E-state index is 11.9. The van der Waals surface area contributed by atoms with Crippen LogP contribution in [0.5, 0.6) is 0 Å². The Morgan fingerprint density at radius 1 is 1.29 bits per heavy atom. The standard InChI is InChI=1S/C14H18O3/c1-9-12(15)7-10-6-11-8-13(9,10)2-3-14(11)16-4-5-17-14/h7,9,11H,2-6,8H2,1H3/t9?,11-,13-/m0/s1. The average molecular weight is 234 g/mol. The zero-order valence-corrected chi connectivity index (χ0v) is 10.2. The molecule has 92 valence electrons. The van der Waals surface area contributed by atoms with Crippen molar-refractivity contribution in [1.29, 1.82) is 0 Å². The Balaban J connectivity index is 1.73. The minimum absolute atomic E-state index is 0.169. The normalized spacial score (nSPS) is 46.4. The summed E-state index contributed by atoms with van der Waals surface area (Å²) in [6.45, 7) is 3.57. The second-order valence-electron chi connectivity index (χ2n) is 6.06. The lowest BCUT2D eigenvalue weighted by Crippen LogP contribution is -2.45. The van der Waals surface area contributed by atoms with Gasteiger partial charge in [-0.2, -0.15) is 0 Å². The second kappa shape index (κ2) is 3.01. The van der Waals surface area contributed by atoms with E-state index < -0.39 is 0 Å². The maximum Gasteiger partial charge on any atom is 0.171 e. The van der Waals surface area contributed by atoms with Gasteiger partial charge in [0.15, 0.2) is 11.6 Å². The molecule has 3 heteroatoms. The van der Waals surface area contributed by atoms with E-state index in [9.17, 15) is 4.79 Å². The summed E-state index contributed by atoms with van der Waals surface area (Å²) < 4.78 is 11.8. The van der Waals surface area contributed by atoms with Gasteiger partial charge < -0.3 is 9.47 Å². The maximum atomic E-state index is 11.9. The molecule has 4 aliphatic rings. The molecule has 1 aliphatic heterocycles. The molecule has 0 aromatic carbocycles. The third-order valence-corrected chi connectivity index (χ3v) is 5.61. The van der Waals surface area contributed by atoms with E-state index >= 15 is 0 Å². The lowest BCUT2D eigenvalue weighted by atomic mass is 9.67. The average Bonchev–Trinajstić information content (AvgIpc) is 2.93. The number of ketones is 1. The van der Waals surface area contributed by atoms with Gasteiger partial charge in [-0.25, -0.2) is 0 Å². The first-order valence-corrected chi connectivity index (χ1v) is 6.69. The van der Waals surface area contributed by atoms with E-state index in [-0.39, 0.29) is 17.1 Å². The predicted octanol–water partition coefficient (Wildman–Crippen LogP) is 2.06. The molecule has 0 N–H and O–H groups in total. The lowest BCUT2D eigenvalue weighted by Gasteiger charge is -2.43. The minimum Gasteiger partial charge on any atom is -0.347 e. The fourth-order valence-corrected chi connectivity index (χ4v) is 4.58. The molecule has 3 aliphatic carbocycles. The van der Waals surface area contributed by atoms with E-state index in [4.69, 9.17) is 9.47 Å². The Labute approximate surface area is 101 Å². The van der Waals surface area contributed by atoms with Crippen molar-refractivity contribution >= 4 is 5.78 Å². The third kappa shape index (κ3) is 1.08. The number of carbonyl (C=O) groups is 1. The smallest absolute Gasteiger partial charge is 0.171 e. The molecule has 0 radical (unpaired) electrons. The van der Waals surface area contributed by atoms with Crippen LogP contribution in [0.25, 0.3) is 0 Å². The number of carbonyl (C=O) groups excluding carboxylic acids is 1. The highest BCUT2D eigenvalue weighted by atomic mass is 16.7. The van der Waals surface area contributed by atoms with E-state index in [1.807, 2.05) is 6.08 Å². The summed E-state index contributed by atoms with van der Waals surface area (Å²) in [5.41, 5.74) is 1.55. The first-order chi connectivity index (χ1) is 8.16. The van der Waals surface area contributed by atoms with Gasteiger partial charge in [0.05, 0.1) is 13.2 Å². The highest BCUT2D eigenvalue weighted by Crippen LogP contribution is 2.65. The molecule has 1 heterocycles. The number of hydrogen-bond acceptors (Lipinski definition) is 3. The SMILES string of the molecule is CC1C(=O)C=C2C[C@H]3C[C@]21CCC31OCCO1. The van der Waals surface area contributed by atoms with Crippen LogP contribution in [0.2, 0.25) is 0 Å². The van der Waals surface area contributed by atoms with E-state index in [1.54, 1.807) is 0 Å². The second-order valence-corrected chi connectivity index (χ2v) is 6.06. The molecule has 2 bridgehead atoms. The predicted molar refractivity (Wildman–Crippen MR) is 61.3 cm³/mol. The zero-order valence-electron chi connectivity index (χ0n) is 10.2. The van der Waals surface area contributed by atoms with E-state index in [1.165, 1.54) is 5.57 Å². The molecule has 2 spiro atoms. The number of hydrogen-bond donors (Lipinski definition) is 0. The molecule has 3 fully saturated rings. The van der Waals surface area contributed by atoms with Crippen LogP contribution in [0.15, 0.2) is 11.6 Å². The minimum atomic E-state index is -0.306. The Hall–Kier alpha value is -0.670. The topological polar surface area (TPSA) is 35.5 Å². The van der Waals surface area contributed by atoms with Crippen molar-refractivity contribution in [1.82, 2.24) is 0 Å². The quantitative estimate of drug-likeness (QED) is 0.643. The Kier molecular flexibility index (Phi) is 1.82. The third-order valence-electron chi connectivity index (χ3n) is 5.61. The Bertz CT molecular complexity index is 419. The van der Waals surface area contributed by atoms with Crippen molar-refractivity contribution in [3.63, 3.8) is 0 Å². The molecule has 0 aromatic rings. The van der Waals surface area contributed by atoms with E-state index in [2.05, 4.69) is 6.92 Å². The van der Waals surface area contributed by atoms with Crippen LogP contribution >= 0.6 is 0 Å². The molecule has 3 atom stereocenters. The molecular weight excluding hydrogens is 216 g/mol. The summed E-state index contributed by atoms with van der Waals surface area (Å²) in [7, 11) is 0. The number of ether oxygens (including phenoxy) is 2. The van der Waals surface area contributed by atoms with Gasteiger partial charge in [0.2, 0.25) is 0 Å². The summed E-state index contributed by atoms with van der Waals surface area (Å²) in [6, 6.07) is 0. The van der Waals surface area contributed by atoms with Crippen LogP contribution in [-0.2, 0) is 14.3 Å². The number of rotatable bonds is 0. The Morgan fingerprint density at radius 3 is 2.82 bits per heavy atom. The first-order valence-electron chi connectivity index (χ1n) is 6.69. The van der Waals surface area contributed by atoms with Gasteiger partial charge in [-0.3, -0.25) is 4.79 Å². The van der Waals surface area contributed by atoms with Crippen LogP contribution in [0.3, 0.4) is 0 Å². The molecule has 3 nitrogen and oxygen atoms in total. The molecule has 1 unspecified atom stereocenters. The Morgan fingerprint density at radius 2 is 2.06 bits per heavy atom. The van der Waals surface area contributed by atoms with Gasteiger partial charge in [-0.1, -0.05) is 12.5 Å². The van der Waals surface area contributed by atoms with Crippen LogP contribution < -0.4 is 0 Å². The van der Waals surface area contributed by atoms with Gasteiger partial charge in [0, 0.05) is 23.7 Å². The van der Waals surface area contributed by atoms with Gasteiger partial charge in [0.25, 0.3) is 0 Å². The first kappa shape index (κ1) is 10.3. The van der Waals surface area contributed by atoms with Crippen molar-refractivity contribution in [3.05, 3.63) is 11.6 Å². The summed E-state index contributed by atoms with van der Waals surface area (Å²) in [4.78, 5) is 11.9. The van der Waals surface area contributed by atoms with Crippen LogP contribution in [0.4, 0.5) is 0 Å².